The number of rotatable bonds is 10. The molecule has 4 rings (SSSR count). The van der Waals surface area contributed by atoms with E-state index in [-0.39, 0.29) is 5.95 Å². The average molecular weight is 459 g/mol. The van der Waals surface area contributed by atoms with Gasteiger partial charge in [0.15, 0.2) is 0 Å². The molecule has 0 spiro atoms. The number of aromatic nitrogens is 3. The number of nitrogens with one attached hydrogen (secondary N) is 3. The van der Waals surface area contributed by atoms with Gasteiger partial charge in [-0.3, -0.25) is 0 Å². The number of hydrogen-bond acceptors (Lipinski definition) is 10. The lowest BCUT2D eigenvalue weighted by atomic mass is 10.2. The molecule has 34 heavy (non-hydrogen) atoms. The second kappa shape index (κ2) is 10.8. The van der Waals surface area contributed by atoms with Gasteiger partial charge in [-0.1, -0.05) is 12.1 Å². The minimum Gasteiger partial charge on any atom is -0.497 e. The summed E-state index contributed by atoms with van der Waals surface area (Å²) in [6.45, 7) is 0.430. The van der Waals surface area contributed by atoms with E-state index < -0.39 is 0 Å². The van der Waals surface area contributed by atoms with Crippen molar-refractivity contribution in [2.24, 2.45) is 5.10 Å². The fraction of sp³-hybridized carbons (Fsp3) is 0.167. The number of hydrogen-bond donors (Lipinski definition) is 3. The van der Waals surface area contributed by atoms with Gasteiger partial charge in [0.05, 0.1) is 26.1 Å². The Balaban J connectivity index is 1.50. The first-order valence-corrected chi connectivity index (χ1v) is 10.6. The van der Waals surface area contributed by atoms with E-state index in [2.05, 4.69) is 36.1 Å². The summed E-state index contributed by atoms with van der Waals surface area (Å²) < 4.78 is 10.6. The molecule has 0 aliphatic heterocycles. The van der Waals surface area contributed by atoms with Crippen LogP contribution in [0.15, 0.2) is 76.4 Å². The molecule has 2 heterocycles. The summed E-state index contributed by atoms with van der Waals surface area (Å²) in [6, 6.07) is 19.2. The predicted octanol–water partition coefficient (Wildman–Crippen LogP) is 4.34. The number of methoxy groups -OCH3 is 1. The third kappa shape index (κ3) is 6.22. The summed E-state index contributed by atoms with van der Waals surface area (Å²) in [5.74, 6) is 2.54. The molecule has 0 unspecified atom stereocenters. The minimum atomic E-state index is 0.286. The molecule has 0 radical (unpaired) electrons. The van der Waals surface area contributed by atoms with E-state index in [1.54, 1.807) is 19.6 Å². The molecule has 10 nitrogen and oxygen atoms in total. The maximum atomic E-state index is 5.37. The average Bonchev–Trinajstić information content (AvgIpc) is 3.37. The second-order valence-corrected chi connectivity index (χ2v) is 7.45. The topological polar surface area (TPSA) is 113 Å². The summed E-state index contributed by atoms with van der Waals surface area (Å²) in [7, 11) is 5.63. The Morgan fingerprint density at radius 3 is 2.35 bits per heavy atom. The van der Waals surface area contributed by atoms with Gasteiger partial charge in [0.2, 0.25) is 17.8 Å². The molecule has 174 valence electrons. The van der Waals surface area contributed by atoms with Crippen LogP contribution >= 0.6 is 0 Å². The first-order valence-electron chi connectivity index (χ1n) is 10.6. The second-order valence-electron chi connectivity index (χ2n) is 7.45. The summed E-state index contributed by atoms with van der Waals surface area (Å²) in [6.07, 6.45) is 3.32. The lowest BCUT2D eigenvalue weighted by molar-refractivity contribution is 0.415. The van der Waals surface area contributed by atoms with Crippen molar-refractivity contribution in [3.63, 3.8) is 0 Å². The third-order valence-corrected chi connectivity index (χ3v) is 4.77. The lowest BCUT2D eigenvalue weighted by Gasteiger charge is -2.11. The fourth-order valence-corrected chi connectivity index (χ4v) is 2.97. The van der Waals surface area contributed by atoms with E-state index in [1.807, 2.05) is 79.7 Å². The smallest absolute Gasteiger partial charge is 0.250 e. The highest BCUT2D eigenvalue weighted by atomic mass is 16.5. The third-order valence-electron chi connectivity index (χ3n) is 4.77. The highest BCUT2D eigenvalue weighted by molar-refractivity contribution is 5.80. The highest BCUT2D eigenvalue weighted by Gasteiger charge is 2.08. The van der Waals surface area contributed by atoms with Gasteiger partial charge in [0, 0.05) is 25.5 Å². The molecular weight excluding hydrogens is 432 g/mol. The molecule has 0 atom stereocenters. The SMILES string of the molecule is COc1ccc(Nc2nc(NCc3ccco3)nc(N/N=C\c3ccc(N(C)C)cc3)n2)cc1. The first-order chi connectivity index (χ1) is 16.6. The Hall–Kier alpha value is -4.60. The molecular formula is C24H26N8O2. The van der Waals surface area contributed by atoms with E-state index in [0.717, 1.165) is 28.4 Å². The number of benzene rings is 2. The number of nitrogens with zero attached hydrogens (tertiary/aromatic N) is 5. The van der Waals surface area contributed by atoms with Crippen molar-refractivity contribution in [2.45, 2.75) is 6.54 Å². The summed E-state index contributed by atoms with van der Waals surface area (Å²) in [4.78, 5) is 15.3. The van der Waals surface area contributed by atoms with Crippen molar-refractivity contribution in [1.82, 2.24) is 15.0 Å². The van der Waals surface area contributed by atoms with Crippen molar-refractivity contribution >= 4 is 35.4 Å². The largest absolute Gasteiger partial charge is 0.497 e. The Bertz CT molecular complexity index is 1210. The van der Waals surface area contributed by atoms with E-state index in [0.29, 0.717) is 18.4 Å². The monoisotopic (exact) mass is 458 g/mol. The van der Waals surface area contributed by atoms with E-state index in [1.165, 1.54) is 0 Å². The molecule has 0 fully saturated rings. The van der Waals surface area contributed by atoms with Crippen molar-refractivity contribution in [1.29, 1.82) is 0 Å². The van der Waals surface area contributed by atoms with Crippen LogP contribution in [-0.4, -0.2) is 42.4 Å². The van der Waals surface area contributed by atoms with Crippen LogP contribution in [0.4, 0.5) is 29.2 Å². The van der Waals surface area contributed by atoms with Gasteiger partial charge in [-0.05, 0) is 54.1 Å². The summed E-state index contributed by atoms with van der Waals surface area (Å²) in [5.41, 5.74) is 5.75. The van der Waals surface area contributed by atoms with Crippen LogP contribution < -0.4 is 25.7 Å². The minimum absolute atomic E-state index is 0.286. The molecule has 4 aromatic rings. The van der Waals surface area contributed by atoms with Crippen LogP contribution in [0.5, 0.6) is 5.75 Å². The van der Waals surface area contributed by atoms with Crippen molar-refractivity contribution in [2.75, 3.05) is 42.2 Å². The van der Waals surface area contributed by atoms with E-state index in [4.69, 9.17) is 9.15 Å². The van der Waals surface area contributed by atoms with Crippen LogP contribution in [0.25, 0.3) is 0 Å². The molecule has 0 aliphatic rings. The van der Waals surface area contributed by atoms with E-state index >= 15 is 0 Å². The van der Waals surface area contributed by atoms with Gasteiger partial charge in [0.1, 0.15) is 11.5 Å². The Kier molecular flexibility index (Phi) is 7.19. The molecule has 0 amide bonds. The molecule has 10 heteroatoms. The Morgan fingerprint density at radius 2 is 1.68 bits per heavy atom. The number of furan rings is 1. The molecule has 0 saturated heterocycles. The molecule has 0 aliphatic carbocycles. The molecule has 0 bridgehead atoms. The van der Waals surface area contributed by atoms with Crippen molar-refractivity contribution < 1.29 is 9.15 Å². The van der Waals surface area contributed by atoms with Crippen LogP contribution in [-0.2, 0) is 6.54 Å². The normalized spacial score (nSPS) is 10.8. The standard InChI is InChI=1S/C24H26N8O2/c1-32(2)19-10-6-17(7-11-19)15-26-31-24-29-22(25-16-21-5-4-14-34-21)28-23(30-24)27-18-8-12-20(33-3)13-9-18/h4-15H,16H2,1-3H3,(H3,25,27,28,29,30,31)/b26-15-. The summed E-state index contributed by atoms with van der Waals surface area (Å²) >= 11 is 0. The zero-order valence-electron chi connectivity index (χ0n) is 19.2. The van der Waals surface area contributed by atoms with Gasteiger partial charge >= 0.3 is 0 Å². The van der Waals surface area contributed by atoms with Gasteiger partial charge in [-0.15, -0.1) is 0 Å². The van der Waals surface area contributed by atoms with Crippen LogP contribution in [0.2, 0.25) is 0 Å². The van der Waals surface area contributed by atoms with Gasteiger partial charge in [0.25, 0.3) is 0 Å². The summed E-state index contributed by atoms with van der Waals surface area (Å²) in [5, 5.41) is 10.6. The van der Waals surface area contributed by atoms with Crippen LogP contribution in [0, 0.1) is 0 Å². The maximum Gasteiger partial charge on any atom is 0.250 e. The van der Waals surface area contributed by atoms with Crippen molar-refractivity contribution in [3.05, 3.63) is 78.3 Å². The highest BCUT2D eigenvalue weighted by Crippen LogP contribution is 2.19. The lowest BCUT2D eigenvalue weighted by Crippen LogP contribution is -2.09. The van der Waals surface area contributed by atoms with Gasteiger partial charge in [-0.2, -0.15) is 20.1 Å². The molecule has 2 aromatic heterocycles. The Morgan fingerprint density at radius 1 is 0.941 bits per heavy atom. The fourth-order valence-electron chi connectivity index (χ4n) is 2.97. The number of hydrazone groups is 1. The number of anilines is 5. The van der Waals surface area contributed by atoms with Crippen LogP contribution in [0.3, 0.4) is 0 Å². The van der Waals surface area contributed by atoms with Crippen LogP contribution in [0.1, 0.15) is 11.3 Å². The quantitative estimate of drug-likeness (QED) is 0.236. The van der Waals surface area contributed by atoms with Crippen molar-refractivity contribution in [3.8, 4) is 5.75 Å². The molecule has 3 N–H and O–H groups in total. The zero-order chi connectivity index (χ0) is 23.8. The molecule has 2 aromatic carbocycles. The maximum absolute atomic E-state index is 5.37. The van der Waals surface area contributed by atoms with E-state index in [9.17, 15) is 0 Å². The zero-order valence-corrected chi connectivity index (χ0v) is 19.2. The molecule has 0 saturated carbocycles. The predicted molar refractivity (Wildman–Crippen MR) is 134 cm³/mol. The van der Waals surface area contributed by atoms with Gasteiger partial charge < -0.3 is 24.7 Å². The Labute approximate surface area is 197 Å². The van der Waals surface area contributed by atoms with Gasteiger partial charge in [-0.25, -0.2) is 5.43 Å². The first kappa shape index (κ1) is 22.6. The number of ether oxygens (including phenoxy) is 1.